The molecule has 98 valence electrons. The summed E-state index contributed by atoms with van der Waals surface area (Å²) in [6, 6.07) is 5.23. The van der Waals surface area contributed by atoms with Crippen LogP contribution in [0.1, 0.15) is 29.6 Å². The lowest BCUT2D eigenvalue weighted by Crippen LogP contribution is -2.40. The lowest BCUT2D eigenvalue weighted by molar-refractivity contribution is 0.100. The van der Waals surface area contributed by atoms with Gasteiger partial charge in [-0.2, -0.15) is 11.8 Å². The van der Waals surface area contributed by atoms with Crippen molar-refractivity contribution in [3.05, 3.63) is 23.8 Å². The van der Waals surface area contributed by atoms with Crippen LogP contribution in [0.5, 0.6) is 0 Å². The Labute approximate surface area is 111 Å². The van der Waals surface area contributed by atoms with E-state index < -0.39 is 5.91 Å². The molecule has 0 heterocycles. The van der Waals surface area contributed by atoms with Gasteiger partial charge in [0, 0.05) is 11.3 Å². The zero-order valence-corrected chi connectivity index (χ0v) is 11.3. The molecule has 0 aromatic heterocycles. The van der Waals surface area contributed by atoms with E-state index in [1.807, 2.05) is 11.8 Å². The minimum atomic E-state index is -0.448. The number of anilines is 2. The van der Waals surface area contributed by atoms with E-state index in [4.69, 9.17) is 11.5 Å². The minimum Gasteiger partial charge on any atom is -0.397 e. The molecule has 0 atom stereocenters. The third-order valence-corrected chi connectivity index (χ3v) is 5.07. The van der Waals surface area contributed by atoms with E-state index in [1.165, 1.54) is 19.3 Å². The molecule has 18 heavy (non-hydrogen) atoms. The van der Waals surface area contributed by atoms with Crippen LogP contribution in [0.15, 0.2) is 18.2 Å². The van der Waals surface area contributed by atoms with Gasteiger partial charge in [0.05, 0.1) is 16.9 Å². The van der Waals surface area contributed by atoms with Crippen molar-refractivity contribution >= 4 is 29.0 Å². The first-order valence-electron chi connectivity index (χ1n) is 6.05. The third kappa shape index (κ3) is 2.41. The van der Waals surface area contributed by atoms with E-state index in [9.17, 15) is 4.79 Å². The molecule has 0 saturated heterocycles. The Bertz CT molecular complexity index is 452. The number of carbonyl (C=O) groups is 1. The van der Waals surface area contributed by atoms with Crippen LogP contribution in [-0.4, -0.2) is 23.5 Å². The number of primary amides is 1. The normalized spacial score (nSPS) is 16.9. The number of nitrogen functional groups attached to an aromatic ring is 1. The van der Waals surface area contributed by atoms with Crippen molar-refractivity contribution < 1.29 is 4.79 Å². The fourth-order valence-corrected chi connectivity index (χ4v) is 3.16. The number of benzene rings is 1. The topological polar surface area (TPSA) is 81.1 Å². The molecule has 5 heteroatoms. The molecule has 1 amide bonds. The maximum absolute atomic E-state index is 11.4. The van der Waals surface area contributed by atoms with Gasteiger partial charge in [0.1, 0.15) is 0 Å². The van der Waals surface area contributed by atoms with Crippen molar-refractivity contribution in [2.24, 2.45) is 5.73 Å². The Morgan fingerprint density at radius 1 is 1.50 bits per heavy atom. The van der Waals surface area contributed by atoms with Crippen LogP contribution >= 0.6 is 11.8 Å². The van der Waals surface area contributed by atoms with E-state index in [-0.39, 0.29) is 4.75 Å². The molecule has 0 bridgehead atoms. The molecule has 1 aromatic rings. The molecular weight excluding hydrogens is 246 g/mol. The lowest BCUT2D eigenvalue weighted by Gasteiger charge is -2.41. The molecule has 2 rings (SSSR count). The van der Waals surface area contributed by atoms with E-state index in [1.54, 1.807) is 18.2 Å². The van der Waals surface area contributed by atoms with Crippen LogP contribution in [0, 0.1) is 0 Å². The average molecular weight is 265 g/mol. The summed E-state index contributed by atoms with van der Waals surface area (Å²) >= 11 is 1.88. The molecule has 0 radical (unpaired) electrons. The monoisotopic (exact) mass is 265 g/mol. The Hall–Kier alpha value is -1.36. The number of thioether (sulfide) groups is 1. The number of nitrogens with two attached hydrogens (primary N) is 2. The summed E-state index contributed by atoms with van der Waals surface area (Å²) in [7, 11) is 0. The van der Waals surface area contributed by atoms with Crippen molar-refractivity contribution in [2.45, 2.75) is 24.0 Å². The van der Waals surface area contributed by atoms with E-state index in [0.29, 0.717) is 16.9 Å². The molecule has 1 aliphatic carbocycles. The maximum Gasteiger partial charge on any atom is 0.250 e. The summed E-state index contributed by atoms with van der Waals surface area (Å²) in [6.07, 6.45) is 5.82. The van der Waals surface area contributed by atoms with Gasteiger partial charge in [-0.3, -0.25) is 4.79 Å². The van der Waals surface area contributed by atoms with Gasteiger partial charge in [-0.25, -0.2) is 0 Å². The summed E-state index contributed by atoms with van der Waals surface area (Å²) in [5.74, 6) is -0.448. The van der Waals surface area contributed by atoms with Crippen molar-refractivity contribution in [3.63, 3.8) is 0 Å². The predicted octanol–water partition coefficient (Wildman–Crippen LogP) is 2.07. The van der Waals surface area contributed by atoms with Crippen LogP contribution in [0.4, 0.5) is 11.4 Å². The first kappa shape index (κ1) is 13.1. The second kappa shape index (κ2) is 5.10. The average Bonchev–Trinajstić information content (AvgIpc) is 2.29. The Morgan fingerprint density at radius 3 is 2.72 bits per heavy atom. The van der Waals surface area contributed by atoms with E-state index >= 15 is 0 Å². The molecule has 1 fully saturated rings. The lowest BCUT2D eigenvalue weighted by atomic mass is 9.84. The van der Waals surface area contributed by atoms with Gasteiger partial charge in [-0.05, 0) is 31.2 Å². The van der Waals surface area contributed by atoms with Crippen LogP contribution in [0.2, 0.25) is 0 Å². The second-order valence-corrected chi connectivity index (χ2v) is 6.00. The summed E-state index contributed by atoms with van der Waals surface area (Å²) in [4.78, 5) is 11.4. The smallest absolute Gasteiger partial charge is 0.250 e. The molecule has 5 N–H and O–H groups in total. The highest BCUT2D eigenvalue weighted by Gasteiger charge is 2.36. The van der Waals surface area contributed by atoms with Gasteiger partial charge < -0.3 is 16.8 Å². The van der Waals surface area contributed by atoms with Crippen molar-refractivity contribution in [1.82, 2.24) is 0 Å². The Kier molecular flexibility index (Phi) is 3.71. The van der Waals surface area contributed by atoms with Gasteiger partial charge >= 0.3 is 0 Å². The second-order valence-electron chi connectivity index (χ2n) is 4.73. The van der Waals surface area contributed by atoms with Crippen molar-refractivity contribution in [2.75, 3.05) is 23.9 Å². The van der Waals surface area contributed by atoms with Crippen LogP contribution in [0.25, 0.3) is 0 Å². The van der Waals surface area contributed by atoms with E-state index in [2.05, 4.69) is 11.6 Å². The molecule has 4 nitrogen and oxygen atoms in total. The highest BCUT2D eigenvalue weighted by molar-refractivity contribution is 8.00. The summed E-state index contributed by atoms with van der Waals surface area (Å²) < 4.78 is 0.289. The number of hydrogen-bond acceptors (Lipinski definition) is 4. The Morgan fingerprint density at radius 2 is 2.22 bits per heavy atom. The molecule has 0 unspecified atom stereocenters. The first-order valence-corrected chi connectivity index (χ1v) is 7.28. The van der Waals surface area contributed by atoms with Gasteiger partial charge in [-0.15, -0.1) is 0 Å². The van der Waals surface area contributed by atoms with Crippen molar-refractivity contribution in [3.8, 4) is 0 Å². The van der Waals surface area contributed by atoms with Crippen LogP contribution in [-0.2, 0) is 0 Å². The number of hydrogen-bond donors (Lipinski definition) is 3. The van der Waals surface area contributed by atoms with Gasteiger partial charge in [0.25, 0.3) is 5.91 Å². The zero-order valence-electron chi connectivity index (χ0n) is 10.5. The number of nitrogens with one attached hydrogen (secondary N) is 1. The molecule has 1 aliphatic rings. The number of carbonyl (C=O) groups excluding carboxylic acids is 1. The fourth-order valence-electron chi connectivity index (χ4n) is 2.25. The summed E-state index contributed by atoms with van der Waals surface area (Å²) in [5, 5.41) is 3.31. The number of amides is 1. The quantitative estimate of drug-likeness (QED) is 0.712. The number of para-hydroxylation sites is 1. The predicted molar refractivity (Wildman–Crippen MR) is 78.0 cm³/mol. The zero-order chi connectivity index (χ0) is 13.2. The summed E-state index contributed by atoms with van der Waals surface area (Å²) in [5.41, 5.74) is 13.0. The SMILES string of the molecule is CSC1(CNc2c(N)cccc2C(N)=O)CCC1. The molecule has 0 aliphatic heterocycles. The van der Waals surface area contributed by atoms with Gasteiger partial charge in [0.2, 0.25) is 0 Å². The first-order chi connectivity index (χ1) is 8.58. The molecule has 1 saturated carbocycles. The maximum atomic E-state index is 11.4. The largest absolute Gasteiger partial charge is 0.397 e. The molecule has 1 aromatic carbocycles. The highest BCUT2D eigenvalue weighted by Crippen LogP contribution is 2.43. The van der Waals surface area contributed by atoms with Gasteiger partial charge in [0.15, 0.2) is 0 Å². The summed E-state index contributed by atoms with van der Waals surface area (Å²) in [6.45, 7) is 0.822. The molecular formula is C13H19N3OS. The van der Waals surface area contributed by atoms with Crippen LogP contribution < -0.4 is 16.8 Å². The highest BCUT2D eigenvalue weighted by atomic mass is 32.2. The minimum absolute atomic E-state index is 0.289. The van der Waals surface area contributed by atoms with Crippen molar-refractivity contribution in [1.29, 1.82) is 0 Å². The number of rotatable bonds is 5. The fraction of sp³-hybridized carbons (Fsp3) is 0.462. The Balaban J connectivity index is 2.15. The standard InChI is InChI=1S/C13H19N3OS/c1-18-13(6-3-7-13)8-16-11-9(12(15)17)4-2-5-10(11)14/h2,4-5,16H,3,6-8,14H2,1H3,(H2,15,17). The molecule has 0 spiro atoms. The van der Waals surface area contributed by atoms with E-state index in [0.717, 1.165) is 6.54 Å². The van der Waals surface area contributed by atoms with Gasteiger partial charge in [-0.1, -0.05) is 12.5 Å². The van der Waals surface area contributed by atoms with Crippen LogP contribution in [0.3, 0.4) is 0 Å². The third-order valence-electron chi connectivity index (χ3n) is 3.65.